The summed E-state index contributed by atoms with van der Waals surface area (Å²) < 4.78 is 5.08. The van der Waals surface area contributed by atoms with E-state index in [0.29, 0.717) is 17.0 Å². The summed E-state index contributed by atoms with van der Waals surface area (Å²) in [4.78, 5) is 36.7. The number of fused-ring (bicyclic) bond motifs is 1. The monoisotopic (exact) mass is 276 g/mol. The molecule has 1 N–H and O–H groups in total. The molecule has 1 aromatic carbocycles. The summed E-state index contributed by atoms with van der Waals surface area (Å²) in [6, 6.07) is 4.71. The van der Waals surface area contributed by atoms with Crippen molar-refractivity contribution in [3.05, 3.63) is 23.8 Å². The van der Waals surface area contributed by atoms with E-state index in [1.807, 2.05) is 13.8 Å². The molecule has 0 saturated heterocycles. The maximum Gasteiger partial charge on any atom is 0.299 e. The molecule has 6 heteroatoms. The third-order valence-corrected chi connectivity index (χ3v) is 2.93. The molecule has 0 atom stereocenters. The Labute approximate surface area is 116 Å². The number of ketones is 1. The van der Waals surface area contributed by atoms with E-state index in [-0.39, 0.29) is 18.5 Å². The van der Waals surface area contributed by atoms with Crippen molar-refractivity contribution >= 4 is 23.3 Å². The third kappa shape index (κ3) is 2.49. The Balaban J connectivity index is 2.29. The number of anilines is 1. The van der Waals surface area contributed by atoms with Crippen LogP contribution >= 0.6 is 0 Å². The number of nitrogens with one attached hydrogen (secondary N) is 1. The molecule has 2 rings (SSSR count). The van der Waals surface area contributed by atoms with Crippen molar-refractivity contribution in [1.82, 2.24) is 5.32 Å². The average molecular weight is 276 g/mol. The maximum atomic E-state index is 11.9. The molecule has 20 heavy (non-hydrogen) atoms. The Morgan fingerprint density at radius 1 is 1.35 bits per heavy atom. The molecule has 0 bridgehead atoms. The largest absolute Gasteiger partial charge is 0.497 e. The lowest BCUT2D eigenvalue weighted by atomic mass is 10.1. The number of Topliss-reactive ketones (excluding diaryl/α,β-unsaturated/α-hetero) is 1. The highest BCUT2D eigenvalue weighted by Crippen LogP contribution is 2.32. The summed E-state index contributed by atoms with van der Waals surface area (Å²) in [6.45, 7) is 3.47. The van der Waals surface area contributed by atoms with E-state index >= 15 is 0 Å². The molecule has 0 saturated carbocycles. The van der Waals surface area contributed by atoms with Crippen molar-refractivity contribution in [3.8, 4) is 5.75 Å². The van der Waals surface area contributed by atoms with Crippen LogP contribution < -0.4 is 15.0 Å². The SMILES string of the molecule is COc1ccc2c(c1)N(CC(=O)NC(C)C)C(=O)C2=O. The highest BCUT2D eigenvalue weighted by Gasteiger charge is 2.37. The van der Waals surface area contributed by atoms with Gasteiger partial charge in [0.05, 0.1) is 18.4 Å². The van der Waals surface area contributed by atoms with Crippen LogP contribution in [0.3, 0.4) is 0 Å². The number of carbonyl (C=O) groups is 3. The Bertz CT molecular complexity index is 581. The highest BCUT2D eigenvalue weighted by molar-refractivity contribution is 6.52. The number of ether oxygens (including phenoxy) is 1. The number of methoxy groups -OCH3 is 1. The molecule has 106 valence electrons. The number of hydrogen-bond donors (Lipinski definition) is 1. The minimum Gasteiger partial charge on any atom is -0.497 e. The van der Waals surface area contributed by atoms with Crippen LogP contribution in [0.15, 0.2) is 18.2 Å². The number of benzene rings is 1. The quantitative estimate of drug-likeness (QED) is 0.823. The molecular formula is C14H16N2O4. The van der Waals surface area contributed by atoms with Crippen molar-refractivity contribution in [3.63, 3.8) is 0 Å². The lowest BCUT2D eigenvalue weighted by molar-refractivity contribution is -0.122. The van der Waals surface area contributed by atoms with Crippen molar-refractivity contribution in [2.75, 3.05) is 18.6 Å². The molecule has 6 nitrogen and oxygen atoms in total. The molecule has 1 aliphatic rings. The fourth-order valence-corrected chi connectivity index (χ4v) is 2.07. The van der Waals surface area contributed by atoms with Gasteiger partial charge in [0, 0.05) is 12.1 Å². The zero-order valence-electron chi connectivity index (χ0n) is 11.6. The Kier molecular flexibility index (Phi) is 3.74. The normalized spacial score (nSPS) is 13.7. The lowest BCUT2D eigenvalue weighted by Gasteiger charge is -2.17. The van der Waals surface area contributed by atoms with Gasteiger partial charge in [-0.25, -0.2) is 0 Å². The number of rotatable bonds is 4. The standard InChI is InChI=1S/C14H16N2O4/c1-8(2)15-12(17)7-16-11-6-9(20-3)4-5-10(11)13(18)14(16)19/h4-6,8H,7H2,1-3H3,(H,15,17). The second-order valence-corrected chi connectivity index (χ2v) is 4.83. The molecule has 1 aromatic rings. The van der Waals surface area contributed by atoms with Gasteiger partial charge in [0.15, 0.2) is 0 Å². The van der Waals surface area contributed by atoms with Crippen LogP contribution in [0, 0.1) is 0 Å². The summed E-state index contributed by atoms with van der Waals surface area (Å²) in [5.74, 6) is -1.07. The Morgan fingerprint density at radius 2 is 2.05 bits per heavy atom. The molecular weight excluding hydrogens is 260 g/mol. The zero-order chi connectivity index (χ0) is 14.9. The van der Waals surface area contributed by atoms with Gasteiger partial charge in [0.1, 0.15) is 12.3 Å². The molecule has 2 amide bonds. The first-order valence-corrected chi connectivity index (χ1v) is 6.27. The van der Waals surface area contributed by atoms with Crippen molar-refractivity contribution < 1.29 is 19.1 Å². The van der Waals surface area contributed by atoms with Gasteiger partial charge in [-0.3, -0.25) is 19.3 Å². The number of amides is 2. The van der Waals surface area contributed by atoms with E-state index in [9.17, 15) is 14.4 Å². The van der Waals surface area contributed by atoms with Gasteiger partial charge >= 0.3 is 0 Å². The van der Waals surface area contributed by atoms with Crippen molar-refractivity contribution in [2.24, 2.45) is 0 Å². The summed E-state index contributed by atoms with van der Waals surface area (Å²) in [7, 11) is 1.50. The first kappa shape index (κ1) is 14.0. The van der Waals surface area contributed by atoms with Gasteiger partial charge in [0.2, 0.25) is 5.91 Å². The van der Waals surface area contributed by atoms with Gasteiger partial charge in [-0.05, 0) is 26.0 Å². The minimum absolute atomic E-state index is 0.0271. The first-order valence-electron chi connectivity index (χ1n) is 6.27. The van der Waals surface area contributed by atoms with Crippen LogP contribution in [0.2, 0.25) is 0 Å². The van der Waals surface area contributed by atoms with E-state index in [2.05, 4.69) is 5.32 Å². The number of carbonyl (C=O) groups excluding carboxylic acids is 3. The Morgan fingerprint density at radius 3 is 2.65 bits per heavy atom. The third-order valence-electron chi connectivity index (χ3n) is 2.93. The van der Waals surface area contributed by atoms with Crippen LogP contribution in [-0.4, -0.2) is 37.3 Å². The van der Waals surface area contributed by atoms with E-state index in [4.69, 9.17) is 4.74 Å². The van der Waals surface area contributed by atoms with Crippen molar-refractivity contribution in [1.29, 1.82) is 0 Å². The second-order valence-electron chi connectivity index (χ2n) is 4.83. The van der Waals surface area contributed by atoms with E-state index < -0.39 is 11.7 Å². The van der Waals surface area contributed by atoms with Gasteiger partial charge in [-0.1, -0.05) is 0 Å². The predicted octanol–water partition coefficient (Wildman–Crippen LogP) is 0.749. The highest BCUT2D eigenvalue weighted by atomic mass is 16.5. The lowest BCUT2D eigenvalue weighted by Crippen LogP contribution is -2.42. The molecule has 0 radical (unpaired) electrons. The minimum atomic E-state index is -0.688. The van der Waals surface area contributed by atoms with E-state index in [0.717, 1.165) is 0 Å². The molecule has 0 unspecified atom stereocenters. The van der Waals surface area contributed by atoms with E-state index in [1.165, 1.54) is 18.1 Å². The maximum absolute atomic E-state index is 11.9. The summed E-state index contributed by atoms with van der Waals surface area (Å²) >= 11 is 0. The van der Waals surface area contributed by atoms with Gasteiger partial charge in [-0.2, -0.15) is 0 Å². The van der Waals surface area contributed by atoms with E-state index in [1.54, 1.807) is 12.1 Å². The van der Waals surface area contributed by atoms with Gasteiger partial charge in [0.25, 0.3) is 11.7 Å². The molecule has 0 fully saturated rings. The average Bonchev–Trinajstić information content (AvgIpc) is 2.62. The fourth-order valence-electron chi connectivity index (χ4n) is 2.07. The van der Waals surface area contributed by atoms with Crippen LogP contribution in [0.5, 0.6) is 5.75 Å². The molecule has 0 aromatic heterocycles. The topological polar surface area (TPSA) is 75.7 Å². The number of hydrogen-bond acceptors (Lipinski definition) is 4. The van der Waals surface area contributed by atoms with Crippen molar-refractivity contribution in [2.45, 2.75) is 19.9 Å². The van der Waals surface area contributed by atoms with Crippen LogP contribution in [-0.2, 0) is 9.59 Å². The molecule has 0 spiro atoms. The van der Waals surface area contributed by atoms with Gasteiger partial charge in [-0.15, -0.1) is 0 Å². The van der Waals surface area contributed by atoms with Crippen LogP contribution in [0.25, 0.3) is 0 Å². The second kappa shape index (κ2) is 5.32. The Hall–Kier alpha value is -2.37. The molecule has 1 aliphatic heterocycles. The van der Waals surface area contributed by atoms with Crippen LogP contribution in [0.4, 0.5) is 5.69 Å². The zero-order valence-corrected chi connectivity index (χ0v) is 11.6. The molecule has 1 heterocycles. The molecule has 0 aliphatic carbocycles. The summed E-state index contributed by atoms with van der Waals surface area (Å²) in [6.07, 6.45) is 0. The number of nitrogens with zero attached hydrogens (tertiary/aromatic N) is 1. The smallest absolute Gasteiger partial charge is 0.299 e. The van der Waals surface area contributed by atoms with Gasteiger partial charge < -0.3 is 10.1 Å². The first-order chi connectivity index (χ1) is 9.43. The van der Waals surface area contributed by atoms with Crippen LogP contribution in [0.1, 0.15) is 24.2 Å². The summed E-state index contributed by atoms with van der Waals surface area (Å²) in [5.41, 5.74) is 0.714. The predicted molar refractivity (Wildman–Crippen MR) is 73.0 cm³/mol. The summed E-state index contributed by atoms with van der Waals surface area (Å²) in [5, 5.41) is 2.69. The fraction of sp³-hybridized carbons (Fsp3) is 0.357.